The highest BCUT2D eigenvalue weighted by atomic mass is 19.1. The number of halogens is 2. The summed E-state index contributed by atoms with van der Waals surface area (Å²) >= 11 is 0. The largest absolute Gasteiger partial charge is 0.490 e. The van der Waals surface area contributed by atoms with Crippen LogP contribution in [0.3, 0.4) is 0 Å². The van der Waals surface area contributed by atoms with Gasteiger partial charge in [-0.05, 0) is 12.1 Å². The lowest BCUT2D eigenvalue weighted by Crippen LogP contribution is -2.11. The molecule has 2 aliphatic rings. The van der Waals surface area contributed by atoms with E-state index in [1.54, 1.807) is 0 Å². The van der Waals surface area contributed by atoms with Gasteiger partial charge in [-0.1, -0.05) is 0 Å². The molecule has 0 N–H and O–H groups in total. The molecule has 1 fully saturated rings. The van der Waals surface area contributed by atoms with Gasteiger partial charge < -0.3 is 9.53 Å². The highest BCUT2D eigenvalue weighted by molar-refractivity contribution is 5.65. The smallest absolute Gasteiger partial charge is 0.165 e. The van der Waals surface area contributed by atoms with E-state index in [2.05, 4.69) is 0 Å². The molecule has 1 aromatic rings. The van der Waals surface area contributed by atoms with Crippen LogP contribution in [-0.2, 0) is 4.79 Å². The molecular formula is C11H8F2O2. The predicted octanol–water partition coefficient (Wildman–Crippen LogP) is 1.89. The number of fused-ring (bicyclic) bond motifs is 3. The molecule has 3 atom stereocenters. The molecule has 1 aliphatic carbocycles. The molecule has 1 aliphatic heterocycles. The molecule has 0 radical (unpaired) electrons. The Kier molecular flexibility index (Phi) is 1.63. The predicted molar refractivity (Wildman–Crippen MR) is 47.6 cm³/mol. The van der Waals surface area contributed by atoms with Gasteiger partial charge in [-0.2, -0.15) is 0 Å². The third-order valence-corrected chi connectivity index (χ3v) is 3.23. The molecule has 0 saturated heterocycles. The zero-order chi connectivity index (χ0) is 10.6. The maximum Gasteiger partial charge on any atom is 0.165 e. The quantitative estimate of drug-likeness (QED) is 0.661. The second kappa shape index (κ2) is 2.78. The molecule has 0 spiro atoms. The highest BCUT2D eigenvalue weighted by Crippen LogP contribution is 2.58. The van der Waals surface area contributed by atoms with Gasteiger partial charge in [0.25, 0.3) is 0 Å². The number of carbonyl (C=O) groups excluding carboxylic acids is 1. The Hall–Kier alpha value is -1.45. The van der Waals surface area contributed by atoms with Crippen LogP contribution in [0.25, 0.3) is 0 Å². The van der Waals surface area contributed by atoms with Crippen LogP contribution >= 0.6 is 0 Å². The summed E-state index contributed by atoms with van der Waals surface area (Å²) in [6.07, 6.45) is 0.804. The van der Waals surface area contributed by atoms with Crippen LogP contribution in [0.1, 0.15) is 11.5 Å². The van der Waals surface area contributed by atoms with Gasteiger partial charge >= 0.3 is 0 Å². The summed E-state index contributed by atoms with van der Waals surface area (Å²) in [5.41, 5.74) is 0.239. The molecule has 1 heterocycles. The lowest BCUT2D eigenvalue weighted by atomic mass is 10.0. The summed E-state index contributed by atoms with van der Waals surface area (Å²) in [5, 5.41) is 0. The Balaban J connectivity index is 2.14. The minimum Gasteiger partial charge on any atom is -0.490 e. The Morgan fingerprint density at radius 1 is 1.33 bits per heavy atom. The lowest BCUT2D eigenvalue weighted by Gasteiger charge is -2.17. The summed E-state index contributed by atoms with van der Waals surface area (Å²) < 4.78 is 31.9. The van der Waals surface area contributed by atoms with Crippen LogP contribution in [0.5, 0.6) is 5.75 Å². The van der Waals surface area contributed by atoms with E-state index in [1.165, 1.54) is 0 Å². The van der Waals surface area contributed by atoms with Crippen molar-refractivity contribution in [3.63, 3.8) is 0 Å². The number of rotatable bonds is 1. The first kappa shape index (κ1) is 8.83. The number of carbonyl (C=O) groups is 1. The summed E-state index contributed by atoms with van der Waals surface area (Å²) in [6.45, 7) is 0.307. The minimum absolute atomic E-state index is 0.0133. The van der Waals surface area contributed by atoms with Crippen molar-refractivity contribution in [2.75, 3.05) is 6.61 Å². The highest BCUT2D eigenvalue weighted by Gasteiger charge is 2.56. The average molecular weight is 210 g/mol. The molecule has 1 saturated carbocycles. The minimum atomic E-state index is -0.554. The fourth-order valence-electron chi connectivity index (χ4n) is 2.39. The zero-order valence-corrected chi connectivity index (χ0v) is 7.74. The summed E-state index contributed by atoms with van der Waals surface area (Å²) in [6, 6.07) is 2.13. The van der Waals surface area contributed by atoms with E-state index in [0.29, 0.717) is 6.61 Å². The van der Waals surface area contributed by atoms with Crippen LogP contribution in [0.4, 0.5) is 8.78 Å². The van der Waals surface area contributed by atoms with Gasteiger partial charge in [0.05, 0.1) is 6.61 Å². The van der Waals surface area contributed by atoms with Gasteiger partial charge in [-0.25, -0.2) is 8.78 Å². The SMILES string of the molecule is O=C[C@@H]1[C@@H]2COc3c(F)ccc(F)c3[C@H]12. The van der Waals surface area contributed by atoms with E-state index in [4.69, 9.17) is 4.74 Å². The van der Waals surface area contributed by atoms with E-state index < -0.39 is 11.6 Å². The third-order valence-electron chi connectivity index (χ3n) is 3.23. The molecule has 0 unspecified atom stereocenters. The molecule has 4 heteroatoms. The Labute approximate surface area is 84.9 Å². The number of benzene rings is 1. The molecule has 2 nitrogen and oxygen atoms in total. The Morgan fingerprint density at radius 2 is 2.07 bits per heavy atom. The topological polar surface area (TPSA) is 26.3 Å². The first-order valence-electron chi connectivity index (χ1n) is 4.80. The van der Waals surface area contributed by atoms with Crippen molar-refractivity contribution in [1.82, 2.24) is 0 Å². The standard InChI is InChI=1S/C11H8F2O2/c12-7-1-2-8(13)11-10(7)9-5(3-14)6(9)4-15-11/h1-3,5-6,9H,4H2/t5-,6+,9-/m1/s1. The zero-order valence-electron chi connectivity index (χ0n) is 7.74. The molecule has 0 bridgehead atoms. The second-order valence-electron chi connectivity index (χ2n) is 3.99. The molecule has 15 heavy (non-hydrogen) atoms. The average Bonchev–Trinajstić information content (AvgIpc) is 2.96. The van der Waals surface area contributed by atoms with Crippen molar-refractivity contribution in [1.29, 1.82) is 0 Å². The fraction of sp³-hybridized carbons (Fsp3) is 0.364. The van der Waals surface area contributed by atoms with E-state index in [9.17, 15) is 13.6 Å². The van der Waals surface area contributed by atoms with E-state index in [0.717, 1.165) is 18.4 Å². The van der Waals surface area contributed by atoms with Crippen molar-refractivity contribution in [3.8, 4) is 5.75 Å². The monoisotopic (exact) mass is 210 g/mol. The van der Waals surface area contributed by atoms with Gasteiger partial charge in [0.1, 0.15) is 12.1 Å². The molecule has 0 amide bonds. The molecule has 3 rings (SSSR count). The van der Waals surface area contributed by atoms with E-state index in [1.807, 2.05) is 0 Å². The maximum absolute atomic E-state index is 13.5. The first-order valence-corrected chi connectivity index (χ1v) is 4.80. The van der Waals surface area contributed by atoms with Crippen molar-refractivity contribution < 1.29 is 18.3 Å². The third kappa shape index (κ3) is 1.05. The van der Waals surface area contributed by atoms with Gasteiger partial charge in [0, 0.05) is 23.3 Å². The summed E-state index contributed by atoms with van der Waals surface area (Å²) in [5.74, 6) is -1.40. The number of aldehydes is 1. The second-order valence-corrected chi connectivity index (χ2v) is 3.99. The van der Waals surface area contributed by atoms with Gasteiger partial charge in [0.15, 0.2) is 11.6 Å². The van der Waals surface area contributed by atoms with Crippen LogP contribution in [0.15, 0.2) is 12.1 Å². The fourth-order valence-corrected chi connectivity index (χ4v) is 2.39. The Morgan fingerprint density at radius 3 is 2.80 bits per heavy atom. The lowest BCUT2D eigenvalue weighted by molar-refractivity contribution is -0.109. The number of ether oxygens (including phenoxy) is 1. The van der Waals surface area contributed by atoms with Crippen LogP contribution < -0.4 is 4.74 Å². The van der Waals surface area contributed by atoms with Gasteiger partial charge in [0.2, 0.25) is 0 Å². The molecular weight excluding hydrogens is 202 g/mol. The van der Waals surface area contributed by atoms with Gasteiger partial charge in [-0.15, -0.1) is 0 Å². The van der Waals surface area contributed by atoms with Crippen molar-refractivity contribution in [2.45, 2.75) is 5.92 Å². The molecule has 0 aromatic heterocycles. The van der Waals surface area contributed by atoms with Gasteiger partial charge in [-0.3, -0.25) is 0 Å². The first-order chi connectivity index (χ1) is 7.24. The summed E-state index contributed by atoms with van der Waals surface area (Å²) in [4.78, 5) is 10.7. The maximum atomic E-state index is 13.5. The van der Waals surface area contributed by atoms with Crippen molar-refractivity contribution in [2.24, 2.45) is 11.8 Å². The van der Waals surface area contributed by atoms with Crippen molar-refractivity contribution >= 4 is 6.29 Å². The normalized spacial score (nSPS) is 31.2. The summed E-state index contributed by atoms with van der Waals surface area (Å²) in [7, 11) is 0. The molecule has 78 valence electrons. The van der Waals surface area contributed by atoms with E-state index in [-0.39, 0.29) is 29.1 Å². The number of hydrogen-bond acceptors (Lipinski definition) is 2. The Bertz CT molecular complexity index is 444. The van der Waals surface area contributed by atoms with Crippen LogP contribution in [-0.4, -0.2) is 12.9 Å². The van der Waals surface area contributed by atoms with E-state index >= 15 is 0 Å². The number of hydrogen-bond donors (Lipinski definition) is 0. The van der Waals surface area contributed by atoms with Crippen LogP contribution in [0, 0.1) is 23.5 Å². The van der Waals surface area contributed by atoms with Crippen molar-refractivity contribution in [3.05, 3.63) is 29.3 Å². The van der Waals surface area contributed by atoms with Crippen LogP contribution in [0.2, 0.25) is 0 Å². The molecule has 1 aromatic carbocycles.